The number of hydrogen-bond acceptors (Lipinski definition) is 5. The fraction of sp³-hybridized carbons (Fsp3) is 0.556. The maximum atomic E-state index is 11.0. The van der Waals surface area contributed by atoms with Crippen LogP contribution in [0.2, 0.25) is 0 Å². The zero-order chi connectivity index (χ0) is 11.0. The second kappa shape index (κ2) is 6.94. The number of rotatable bonds is 5. The molecule has 5 heteroatoms. The zero-order valence-corrected chi connectivity index (χ0v) is 8.53. The summed E-state index contributed by atoms with van der Waals surface area (Å²) in [6, 6.07) is 0. The van der Waals surface area contributed by atoms with Crippen molar-refractivity contribution in [3.8, 4) is 0 Å². The molecule has 0 unspecified atom stereocenters. The Balaban J connectivity index is 4.46. The Kier molecular flexibility index (Phi) is 6.19. The van der Waals surface area contributed by atoms with E-state index in [4.69, 9.17) is 4.74 Å². The van der Waals surface area contributed by atoms with E-state index < -0.39 is 11.9 Å². The fourth-order valence-corrected chi connectivity index (χ4v) is 0.660. The largest absolute Gasteiger partial charge is 0.500 e. The van der Waals surface area contributed by atoms with E-state index in [9.17, 15) is 9.59 Å². The van der Waals surface area contributed by atoms with E-state index in [-0.39, 0.29) is 5.57 Å². The summed E-state index contributed by atoms with van der Waals surface area (Å²) < 4.78 is 13.7. The van der Waals surface area contributed by atoms with Gasteiger partial charge in [-0.2, -0.15) is 0 Å². The van der Waals surface area contributed by atoms with Gasteiger partial charge in [-0.05, 0) is 6.42 Å². The molecule has 0 saturated heterocycles. The van der Waals surface area contributed by atoms with Crippen molar-refractivity contribution >= 4 is 11.9 Å². The number of hydrogen-bond donors (Lipinski definition) is 0. The minimum atomic E-state index is -0.770. The maximum absolute atomic E-state index is 11.0. The summed E-state index contributed by atoms with van der Waals surface area (Å²) in [5, 5.41) is 0. The zero-order valence-electron chi connectivity index (χ0n) is 8.53. The molecule has 0 aromatic heterocycles. The fourth-order valence-electron chi connectivity index (χ4n) is 0.660. The van der Waals surface area contributed by atoms with Crippen LogP contribution < -0.4 is 0 Å². The Morgan fingerprint density at radius 1 is 1.14 bits per heavy atom. The Morgan fingerprint density at radius 2 is 1.64 bits per heavy atom. The average molecular weight is 202 g/mol. The highest BCUT2D eigenvalue weighted by molar-refractivity contribution is 6.13. The highest BCUT2D eigenvalue weighted by atomic mass is 16.5. The van der Waals surface area contributed by atoms with E-state index in [1.165, 1.54) is 14.2 Å². The van der Waals surface area contributed by atoms with Crippen LogP contribution in [0.1, 0.15) is 13.3 Å². The van der Waals surface area contributed by atoms with E-state index in [1.54, 1.807) is 0 Å². The molecule has 0 fully saturated rings. The Hall–Kier alpha value is -1.52. The number of carbonyl (C=O) groups excluding carboxylic acids is 2. The smallest absolute Gasteiger partial charge is 0.348 e. The quantitative estimate of drug-likeness (QED) is 0.163. The van der Waals surface area contributed by atoms with Gasteiger partial charge in [0.15, 0.2) is 5.57 Å². The van der Waals surface area contributed by atoms with Gasteiger partial charge in [0.1, 0.15) is 6.26 Å². The van der Waals surface area contributed by atoms with E-state index in [0.29, 0.717) is 6.61 Å². The Bertz CT molecular complexity index is 213. The van der Waals surface area contributed by atoms with Gasteiger partial charge in [-0.3, -0.25) is 0 Å². The van der Waals surface area contributed by atoms with E-state index in [1.807, 2.05) is 6.92 Å². The summed E-state index contributed by atoms with van der Waals surface area (Å²) in [4.78, 5) is 22.1. The molecule has 5 nitrogen and oxygen atoms in total. The maximum Gasteiger partial charge on any atom is 0.348 e. The van der Waals surface area contributed by atoms with Crippen LogP contribution in [0.3, 0.4) is 0 Å². The molecule has 14 heavy (non-hydrogen) atoms. The van der Waals surface area contributed by atoms with Gasteiger partial charge >= 0.3 is 11.9 Å². The molecule has 0 bridgehead atoms. The van der Waals surface area contributed by atoms with E-state index in [0.717, 1.165) is 12.7 Å². The number of esters is 2. The van der Waals surface area contributed by atoms with E-state index >= 15 is 0 Å². The van der Waals surface area contributed by atoms with Crippen LogP contribution in [0.25, 0.3) is 0 Å². The van der Waals surface area contributed by atoms with Gasteiger partial charge < -0.3 is 14.2 Å². The van der Waals surface area contributed by atoms with Gasteiger partial charge in [-0.1, -0.05) is 6.92 Å². The van der Waals surface area contributed by atoms with Crippen LogP contribution in [0.4, 0.5) is 0 Å². The first kappa shape index (κ1) is 12.5. The van der Waals surface area contributed by atoms with E-state index in [2.05, 4.69) is 9.47 Å². The molecule has 0 aromatic carbocycles. The summed E-state index contributed by atoms with van der Waals surface area (Å²) in [5.41, 5.74) is -0.247. The summed E-state index contributed by atoms with van der Waals surface area (Å²) in [6.45, 7) is 2.33. The van der Waals surface area contributed by atoms with Crippen LogP contribution in [-0.2, 0) is 23.8 Å². The molecule has 0 spiro atoms. The molecule has 0 N–H and O–H groups in total. The number of carbonyl (C=O) groups is 2. The van der Waals surface area contributed by atoms with Crippen molar-refractivity contribution in [2.45, 2.75) is 13.3 Å². The first-order valence-electron chi connectivity index (χ1n) is 4.15. The lowest BCUT2D eigenvalue weighted by Crippen LogP contribution is -2.16. The van der Waals surface area contributed by atoms with Crippen molar-refractivity contribution in [2.24, 2.45) is 0 Å². The van der Waals surface area contributed by atoms with Crippen molar-refractivity contribution < 1.29 is 23.8 Å². The lowest BCUT2D eigenvalue weighted by Gasteiger charge is -2.03. The third-order valence-corrected chi connectivity index (χ3v) is 1.33. The molecule has 80 valence electrons. The van der Waals surface area contributed by atoms with Gasteiger partial charge in [-0.25, -0.2) is 9.59 Å². The van der Waals surface area contributed by atoms with Crippen LogP contribution in [-0.4, -0.2) is 32.8 Å². The van der Waals surface area contributed by atoms with Crippen molar-refractivity contribution in [1.29, 1.82) is 0 Å². The molecule has 0 aliphatic heterocycles. The predicted molar refractivity (Wildman–Crippen MR) is 48.4 cm³/mol. The van der Waals surface area contributed by atoms with Crippen LogP contribution >= 0.6 is 0 Å². The second-order valence-corrected chi connectivity index (χ2v) is 2.39. The highest BCUT2D eigenvalue weighted by Crippen LogP contribution is 2.01. The Morgan fingerprint density at radius 3 is 2.00 bits per heavy atom. The third-order valence-electron chi connectivity index (χ3n) is 1.33. The molecule has 0 aromatic rings. The molecule has 0 amide bonds. The molecule has 0 atom stereocenters. The molecule has 0 rings (SSSR count). The SMILES string of the molecule is CCCOC=C(C(=O)OC)C(=O)OC. The first-order chi connectivity index (χ1) is 6.67. The van der Waals surface area contributed by atoms with Crippen molar-refractivity contribution in [3.63, 3.8) is 0 Å². The molecular weight excluding hydrogens is 188 g/mol. The van der Waals surface area contributed by atoms with Crippen molar-refractivity contribution in [1.82, 2.24) is 0 Å². The van der Waals surface area contributed by atoms with Gasteiger partial charge in [0, 0.05) is 0 Å². The summed E-state index contributed by atoms with van der Waals surface area (Å²) in [7, 11) is 2.36. The molecule has 0 saturated carbocycles. The third kappa shape index (κ3) is 3.93. The van der Waals surface area contributed by atoms with Gasteiger partial charge in [0.25, 0.3) is 0 Å². The lowest BCUT2D eigenvalue weighted by atomic mass is 10.3. The summed E-state index contributed by atoms with van der Waals surface area (Å²) in [5.74, 6) is -1.54. The monoisotopic (exact) mass is 202 g/mol. The standard InChI is InChI=1S/C9H14O5/c1-4-5-14-6-7(8(10)12-2)9(11)13-3/h6H,4-5H2,1-3H3. The lowest BCUT2D eigenvalue weighted by molar-refractivity contribution is -0.144. The normalized spacial score (nSPS) is 8.79. The molecular formula is C9H14O5. The number of methoxy groups -OCH3 is 2. The summed E-state index contributed by atoms with van der Waals surface area (Å²) >= 11 is 0. The number of ether oxygens (including phenoxy) is 3. The van der Waals surface area contributed by atoms with Gasteiger partial charge in [-0.15, -0.1) is 0 Å². The topological polar surface area (TPSA) is 61.8 Å². The second-order valence-electron chi connectivity index (χ2n) is 2.39. The predicted octanol–water partition coefficient (Wildman–Crippen LogP) is 0.643. The van der Waals surface area contributed by atoms with Crippen LogP contribution in [0, 0.1) is 0 Å². The van der Waals surface area contributed by atoms with Gasteiger partial charge in [0.2, 0.25) is 0 Å². The van der Waals surface area contributed by atoms with Crippen LogP contribution in [0.15, 0.2) is 11.8 Å². The summed E-state index contributed by atoms with van der Waals surface area (Å²) in [6.07, 6.45) is 1.84. The minimum absolute atomic E-state index is 0.247. The Labute approximate surface area is 82.6 Å². The first-order valence-corrected chi connectivity index (χ1v) is 4.15. The molecule has 0 aliphatic rings. The van der Waals surface area contributed by atoms with Crippen molar-refractivity contribution in [3.05, 3.63) is 11.8 Å². The molecule has 0 radical (unpaired) electrons. The molecule has 0 aliphatic carbocycles. The van der Waals surface area contributed by atoms with Crippen molar-refractivity contribution in [2.75, 3.05) is 20.8 Å². The minimum Gasteiger partial charge on any atom is -0.500 e. The van der Waals surface area contributed by atoms with Gasteiger partial charge in [0.05, 0.1) is 20.8 Å². The highest BCUT2D eigenvalue weighted by Gasteiger charge is 2.20. The molecule has 0 heterocycles. The van der Waals surface area contributed by atoms with Crippen LogP contribution in [0.5, 0.6) is 0 Å². The average Bonchev–Trinajstić information content (AvgIpc) is 2.22.